The number of benzene rings is 1. The highest BCUT2D eigenvalue weighted by molar-refractivity contribution is 6.00. The molecule has 1 amide bonds. The lowest BCUT2D eigenvalue weighted by Crippen LogP contribution is -2.58. The van der Waals surface area contributed by atoms with Gasteiger partial charge in [0.1, 0.15) is 5.54 Å². The van der Waals surface area contributed by atoms with E-state index in [1.54, 1.807) is 6.07 Å². The largest absolute Gasteiger partial charge is 0.409 e. The summed E-state index contributed by atoms with van der Waals surface area (Å²) in [5.41, 5.74) is 6.73. The molecule has 0 unspecified atom stereocenters. The molecule has 5 heteroatoms. The van der Waals surface area contributed by atoms with Crippen LogP contribution in [0, 0.1) is 6.92 Å². The quantitative estimate of drug-likeness (QED) is 0.342. The van der Waals surface area contributed by atoms with Gasteiger partial charge in [-0.1, -0.05) is 42.1 Å². The summed E-state index contributed by atoms with van der Waals surface area (Å²) < 4.78 is 0. The number of rotatable bonds is 3. The predicted molar refractivity (Wildman–Crippen MR) is 77.9 cm³/mol. The Labute approximate surface area is 118 Å². The summed E-state index contributed by atoms with van der Waals surface area (Å²) >= 11 is 0. The number of oxime groups is 1. The lowest BCUT2D eigenvalue weighted by atomic mass is 9.80. The molecule has 20 heavy (non-hydrogen) atoms. The highest BCUT2D eigenvalue weighted by Gasteiger charge is 2.38. The fraction of sp³-hybridized carbons (Fsp3) is 0.467. The van der Waals surface area contributed by atoms with Gasteiger partial charge in [-0.15, -0.1) is 0 Å². The van der Waals surface area contributed by atoms with Gasteiger partial charge in [-0.25, -0.2) is 0 Å². The van der Waals surface area contributed by atoms with Crippen LogP contribution in [-0.4, -0.2) is 22.5 Å². The van der Waals surface area contributed by atoms with Crippen LogP contribution < -0.4 is 11.1 Å². The summed E-state index contributed by atoms with van der Waals surface area (Å²) in [5, 5.41) is 15.1. The Kier molecular flexibility index (Phi) is 4.27. The van der Waals surface area contributed by atoms with E-state index in [1.165, 1.54) is 0 Å². The molecule has 0 spiro atoms. The number of amides is 1. The minimum absolute atomic E-state index is 0.0956. The van der Waals surface area contributed by atoms with Gasteiger partial charge in [-0.05, 0) is 31.9 Å². The maximum atomic E-state index is 12.4. The molecule has 1 fully saturated rings. The van der Waals surface area contributed by atoms with Crippen molar-refractivity contribution in [2.24, 2.45) is 10.9 Å². The molecule has 1 aromatic rings. The summed E-state index contributed by atoms with van der Waals surface area (Å²) in [6.45, 7) is 1.94. The van der Waals surface area contributed by atoms with Gasteiger partial charge in [0.25, 0.3) is 5.91 Å². The van der Waals surface area contributed by atoms with Crippen molar-refractivity contribution in [3.63, 3.8) is 0 Å². The standard InChI is InChI=1S/C15H21N3O2/c1-11-6-5-7-12(10-11)13(19)17-15(14(16)18-20)8-3-2-4-9-15/h5-7,10,20H,2-4,8-9H2,1H3,(H2,16,18)(H,17,19). The Balaban J connectivity index is 2.22. The van der Waals surface area contributed by atoms with Crippen molar-refractivity contribution < 1.29 is 10.0 Å². The zero-order valence-electron chi connectivity index (χ0n) is 11.7. The van der Waals surface area contributed by atoms with Gasteiger partial charge in [-0.2, -0.15) is 0 Å². The summed E-state index contributed by atoms with van der Waals surface area (Å²) in [6, 6.07) is 7.39. The lowest BCUT2D eigenvalue weighted by Gasteiger charge is -2.36. The van der Waals surface area contributed by atoms with Crippen LogP contribution in [0.25, 0.3) is 0 Å². The molecule has 0 atom stereocenters. The molecule has 1 aliphatic rings. The Morgan fingerprint density at radius 2 is 2.05 bits per heavy atom. The molecule has 1 aromatic carbocycles. The number of amidine groups is 1. The number of nitrogens with one attached hydrogen (secondary N) is 1. The molecule has 0 aromatic heterocycles. The van der Waals surface area contributed by atoms with Gasteiger partial charge in [0.2, 0.25) is 0 Å². The number of hydrogen-bond donors (Lipinski definition) is 3. The normalized spacial score (nSPS) is 18.6. The van der Waals surface area contributed by atoms with Gasteiger partial charge in [0.15, 0.2) is 5.84 Å². The van der Waals surface area contributed by atoms with Crippen molar-refractivity contribution in [3.8, 4) is 0 Å². The zero-order chi connectivity index (χ0) is 14.6. The van der Waals surface area contributed by atoms with Crippen molar-refractivity contribution in [1.29, 1.82) is 0 Å². The third-order valence-electron chi connectivity index (χ3n) is 3.94. The first-order valence-electron chi connectivity index (χ1n) is 6.94. The van der Waals surface area contributed by atoms with Gasteiger partial charge < -0.3 is 16.3 Å². The van der Waals surface area contributed by atoms with Gasteiger partial charge in [0.05, 0.1) is 0 Å². The number of carbonyl (C=O) groups excluding carboxylic acids is 1. The molecule has 0 radical (unpaired) electrons. The van der Waals surface area contributed by atoms with E-state index in [9.17, 15) is 4.79 Å². The van der Waals surface area contributed by atoms with Crippen molar-refractivity contribution in [2.45, 2.75) is 44.6 Å². The van der Waals surface area contributed by atoms with E-state index in [2.05, 4.69) is 10.5 Å². The van der Waals surface area contributed by atoms with Crippen LogP contribution in [-0.2, 0) is 0 Å². The van der Waals surface area contributed by atoms with Gasteiger partial charge in [-0.3, -0.25) is 4.79 Å². The monoisotopic (exact) mass is 275 g/mol. The second-order valence-electron chi connectivity index (χ2n) is 5.45. The Morgan fingerprint density at radius 3 is 2.65 bits per heavy atom. The van der Waals surface area contributed by atoms with Crippen LogP contribution in [0.15, 0.2) is 29.4 Å². The first-order valence-corrected chi connectivity index (χ1v) is 6.94. The van der Waals surface area contributed by atoms with E-state index in [1.807, 2.05) is 25.1 Å². The van der Waals surface area contributed by atoms with Crippen LogP contribution in [0.1, 0.15) is 48.0 Å². The van der Waals surface area contributed by atoms with E-state index in [-0.39, 0.29) is 11.7 Å². The van der Waals surface area contributed by atoms with Crippen molar-refractivity contribution >= 4 is 11.7 Å². The molecule has 0 heterocycles. The molecule has 0 saturated heterocycles. The SMILES string of the molecule is Cc1cccc(C(=O)NC2(/C(N)=N/O)CCCCC2)c1. The third kappa shape index (κ3) is 2.92. The van der Waals surface area contributed by atoms with Crippen molar-refractivity contribution in [3.05, 3.63) is 35.4 Å². The summed E-state index contributed by atoms with van der Waals surface area (Å²) in [4.78, 5) is 12.4. The first kappa shape index (κ1) is 14.4. The minimum Gasteiger partial charge on any atom is -0.409 e. The molecular formula is C15H21N3O2. The number of hydrogen-bond acceptors (Lipinski definition) is 3. The van der Waals surface area contributed by atoms with E-state index in [4.69, 9.17) is 10.9 Å². The smallest absolute Gasteiger partial charge is 0.252 e. The Morgan fingerprint density at radius 1 is 1.35 bits per heavy atom. The molecule has 2 rings (SSSR count). The predicted octanol–water partition coefficient (Wildman–Crippen LogP) is 2.17. The maximum Gasteiger partial charge on any atom is 0.252 e. The fourth-order valence-electron chi connectivity index (χ4n) is 2.77. The highest BCUT2D eigenvalue weighted by Crippen LogP contribution is 2.29. The maximum absolute atomic E-state index is 12.4. The zero-order valence-corrected chi connectivity index (χ0v) is 11.7. The topological polar surface area (TPSA) is 87.7 Å². The average molecular weight is 275 g/mol. The first-order chi connectivity index (χ1) is 9.57. The van der Waals surface area contributed by atoms with Crippen LogP contribution in [0.3, 0.4) is 0 Å². The van der Waals surface area contributed by atoms with Crippen LogP contribution in [0.2, 0.25) is 0 Å². The van der Waals surface area contributed by atoms with Gasteiger partial charge in [0, 0.05) is 5.56 Å². The number of nitrogens with zero attached hydrogens (tertiary/aromatic N) is 1. The van der Waals surface area contributed by atoms with Crippen LogP contribution in [0.4, 0.5) is 0 Å². The molecule has 0 bridgehead atoms. The summed E-state index contributed by atoms with van der Waals surface area (Å²) in [6.07, 6.45) is 4.45. The molecular weight excluding hydrogens is 254 g/mol. The van der Waals surface area contributed by atoms with E-state index in [0.717, 1.165) is 24.8 Å². The second kappa shape index (κ2) is 5.94. The third-order valence-corrected chi connectivity index (χ3v) is 3.94. The van der Waals surface area contributed by atoms with E-state index >= 15 is 0 Å². The summed E-state index contributed by atoms with van der Waals surface area (Å²) in [5.74, 6) is -0.0830. The fourth-order valence-corrected chi connectivity index (χ4v) is 2.77. The molecule has 0 aliphatic heterocycles. The van der Waals surface area contributed by atoms with Crippen molar-refractivity contribution in [2.75, 3.05) is 0 Å². The highest BCUT2D eigenvalue weighted by atomic mass is 16.4. The van der Waals surface area contributed by atoms with Crippen molar-refractivity contribution in [1.82, 2.24) is 5.32 Å². The van der Waals surface area contributed by atoms with Crippen LogP contribution in [0.5, 0.6) is 0 Å². The van der Waals surface area contributed by atoms with Gasteiger partial charge >= 0.3 is 0 Å². The lowest BCUT2D eigenvalue weighted by molar-refractivity contribution is 0.0905. The second-order valence-corrected chi connectivity index (χ2v) is 5.45. The average Bonchev–Trinajstić information content (AvgIpc) is 2.47. The molecule has 1 aliphatic carbocycles. The van der Waals surface area contributed by atoms with E-state index in [0.29, 0.717) is 18.4 Å². The van der Waals surface area contributed by atoms with Crippen LogP contribution >= 0.6 is 0 Å². The summed E-state index contributed by atoms with van der Waals surface area (Å²) in [7, 11) is 0. The molecule has 108 valence electrons. The molecule has 1 saturated carbocycles. The number of aryl methyl sites for hydroxylation is 1. The molecule has 4 N–H and O–H groups in total. The number of carbonyl (C=O) groups is 1. The number of nitrogens with two attached hydrogens (primary N) is 1. The molecule has 5 nitrogen and oxygen atoms in total. The Bertz CT molecular complexity index is 520. The minimum atomic E-state index is -0.714. The Hall–Kier alpha value is -2.04. The van der Waals surface area contributed by atoms with E-state index < -0.39 is 5.54 Å².